The highest BCUT2D eigenvalue weighted by atomic mass is 35.5. The molecule has 0 rings (SSSR count). The number of carboxylic acid groups (broad SMARTS) is 2. The third kappa shape index (κ3) is 17.5. The number of alkyl halides is 1. The van der Waals surface area contributed by atoms with Crippen LogP contribution in [0, 0.1) is 0 Å². The van der Waals surface area contributed by atoms with E-state index in [1.807, 2.05) is 0 Å². The van der Waals surface area contributed by atoms with Crippen LogP contribution in [0.3, 0.4) is 0 Å². The first-order chi connectivity index (χ1) is 7.97. The molecule has 0 fully saturated rings. The van der Waals surface area contributed by atoms with Gasteiger partial charge in [0.25, 0.3) is 0 Å². The minimum Gasteiger partial charge on any atom is -0.478 e. The molecule has 0 saturated heterocycles. The maximum absolute atomic E-state index is 9.55. The van der Waals surface area contributed by atoms with Crippen molar-refractivity contribution in [2.75, 3.05) is 25.5 Å². The number of hydrogen-bond donors (Lipinski definition) is 2. The average Bonchev–Trinajstić information content (AvgIpc) is 2.29. The molecule has 0 aromatic rings. The largest absolute Gasteiger partial charge is 0.478 e. The Morgan fingerprint density at radius 2 is 1.53 bits per heavy atom. The number of hydrogen-bond acceptors (Lipinski definition) is 3. The summed E-state index contributed by atoms with van der Waals surface area (Å²) in [6.45, 7) is 7.80. The fourth-order valence-corrected chi connectivity index (χ4v) is 1.09. The van der Waals surface area contributed by atoms with Gasteiger partial charge in [-0.1, -0.05) is 13.8 Å². The van der Waals surface area contributed by atoms with Gasteiger partial charge in [0.2, 0.25) is 0 Å². The number of rotatable bonds is 7. The second kappa shape index (κ2) is 13.0. The molecule has 0 saturated carbocycles. The van der Waals surface area contributed by atoms with Gasteiger partial charge in [0.05, 0.1) is 0 Å². The van der Waals surface area contributed by atoms with Crippen molar-refractivity contribution in [3.8, 4) is 0 Å². The van der Waals surface area contributed by atoms with Crippen molar-refractivity contribution in [2.24, 2.45) is 0 Å². The lowest BCUT2D eigenvalue weighted by Crippen LogP contribution is -2.24. The van der Waals surface area contributed by atoms with E-state index in [0.29, 0.717) is 12.2 Å². The smallest absolute Gasteiger partial charge is 0.328 e. The van der Waals surface area contributed by atoms with Gasteiger partial charge in [-0.15, -0.1) is 11.6 Å². The van der Waals surface area contributed by atoms with Crippen LogP contribution in [0.5, 0.6) is 0 Å². The Labute approximate surface area is 107 Å². The quantitative estimate of drug-likeness (QED) is 0.541. The van der Waals surface area contributed by atoms with Crippen molar-refractivity contribution < 1.29 is 19.8 Å². The van der Waals surface area contributed by atoms with Crippen molar-refractivity contribution in [2.45, 2.75) is 20.3 Å². The predicted molar refractivity (Wildman–Crippen MR) is 67.5 cm³/mol. The Balaban J connectivity index is 0. The van der Waals surface area contributed by atoms with E-state index in [1.54, 1.807) is 0 Å². The standard InChI is InChI=1S/C7H16ClN.C4H4O4/c1-3-9(4-2)7-5-6-8;5-3(6)1-2-4(7)8/h3-7H2,1-2H3;1-2H,(H,5,6)(H,7,8). The third-order valence-corrected chi connectivity index (χ3v) is 2.14. The SMILES string of the molecule is CCN(CC)CCCCl.O=C(O)C=CC(=O)O. The van der Waals surface area contributed by atoms with Crippen LogP contribution in [0.25, 0.3) is 0 Å². The highest BCUT2D eigenvalue weighted by Crippen LogP contribution is 1.91. The fourth-order valence-electron chi connectivity index (χ4n) is 0.966. The Morgan fingerprint density at radius 1 is 1.12 bits per heavy atom. The molecule has 6 heteroatoms. The van der Waals surface area contributed by atoms with Crippen LogP contribution in [-0.2, 0) is 9.59 Å². The predicted octanol–water partition coefficient (Wildman–Crippen LogP) is 1.67. The second-order valence-electron chi connectivity index (χ2n) is 3.08. The van der Waals surface area contributed by atoms with E-state index >= 15 is 0 Å². The van der Waals surface area contributed by atoms with Gasteiger partial charge in [-0.2, -0.15) is 0 Å². The second-order valence-corrected chi connectivity index (χ2v) is 3.46. The number of aliphatic carboxylic acids is 2. The summed E-state index contributed by atoms with van der Waals surface area (Å²) in [4.78, 5) is 21.5. The molecule has 0 unspecified atom stereocenters. The van der Waals surface area contributed by atoms with Gasteiger partial charge >= 0.3 is 11.9 Å². The molecule has 0 heterocycles. The number of carboxylic acids is 2. The summed E-state index contributed by atoms with van der Waals surface area (Å²) in [7, 11) is 0. The summed E-state index contributed by atoms with van der Waals surface area (Å²) >= 11 is 5.53. The zero-order valence-electron chi connectivity index (χ0n) is 10.2. The number of nitrogens with zero attached hydrogens (tertiary/aromatic N) is 1. The molecule has 0 atom stereocenters. The molecule has 0 aliphatic heterocycles. The Bertz CT molecular complexity index is 224. The summed E-state index contributed by atoms with van der Waals surface area (Å²) in [5.74, 6) is -1.73. The van der Waals surface area contributed by atoms with Gasteiger partial charge in [-0.3, -0.25) is 0 Å². The molecule has 0 aromatic carbocycles. The third-order valence-electron chi connectivity index (χ3n) is 1.87. The van der Waals surface area contributed by atoms with Crippen LogP contribution in [-0.4, -0.2) is 52.6 Å². The molecular weight excluding hydrogens is 246 g/mol. The molecule has 100 valence electrons. The van der Waals surface area contributed by atoms with Gasteiger partial charge in [-0.25, -0.2) is 9.59 Å². The first-order valence-corrected chi connectivity index (χ1v) is 5.93. The van der Waals surface area contributed by atoms with Crippen molar-refractivity contribution in [1.29, 1.82) is 0 Å². The lowest BCUT2D eigenvalue weighted by molar-refractivity contribution is -0.134. The fraction of sp³-hybridized carbons (Fsp3) is 0.636. The van der Waals surface area contributed by atoms with E-state index in [0.717, 1.165) is 31.9 Å². The Morgan fingerprint density at radius 3 is 1.76 bits per heavy atom. The highest BCUT2D eigenvalue weighted by Gasteiger charge is 1.95. The lowest BCUT2D eigenvalue weighted by atomic mass is 10.4. The molecule has 2 N–H and O–H groups in total. The van der Waals surface area contributed by atoms with Crippen LogP contribution in [0.4, 0.5) is 0 Å². The summed E-state index contributed by atoms with van der Waals surface area (Å²) in [6, 6.07) is 0. The molecule has 17 heavy (non-hydrogen) atoms. The van der Waals surface area contributed by atoms with Crippen LogP contribution >= 0.6 is 11.6 Å². The molecule has 0 bridgehead atoms. The molecule has 0 aromatic heterocycles. The maximum Gasteiger partial charge on any atom is 0.328 e. The van der Waals surface area contributed by atoms with Crippen molar-refractivity contribution >= 4 is 23.5 Å². The van der Waals surface area contributed by atoms with Crippen molar-refractivity contribution in [3.05, 3.63) is 12.2 Å². The van der Waals surface area contributed by atoms with Gasteiger partial charge < -0.3 is 15.1 Å². The van der Waals surface area contributed by atoms with Gasteiger partial charge in [0.15, 0.2) is 0 Å². The molecular formula is C11H20ClNO4. The van der Waals surface area contributed by atoms with Crippen LogP contribution < -0.4 is 0 Å². The summed E-state index contributed by atoms with van der Waals surface area (Å²) < 4.78 is 0. The van der Waals surface area contributed by atoms with E-state index in [2.05, 4.69) is 18.7 Å². The first-order valence-electron chi connectivity index (χ1n) is 5.40. The zero-order chi connectivity index (χ0) is 13.7. The average molecular weight is 266 g/mol. The normalized spacial score (nSPS) is 10.1. The minimum absolute atomic E-state index is 0.558. The van der Waals surface area contributed by atoms with E-state index in [1.165, 1.54) is 0 Å². The van der Waals surface area contributed by atoms with E-state index < -0.39 is 11.9 Å². The van der Waals surface area contributed by atoms with Crippen LogP contribution in [0.2, 0.25) is 0 Å². The topological polar surface area (TPSA) is 77.8 Å². The highest BCUT2D eigenvalue weighted by molar-refractivity contribution is 6.17. The van der Waals surface area contributed by atoms with E-state index in [4.69, 9.17) is 21.8 Å². The van der Waals surface area contributed by atoms with Crippen LogP contribution in [0.15, 0.2) is 12.2 Å². The maximum atomic E-state index is 9.55. The van der Waals surface area contributed by atoms with E-state index in [9.17, 15) is 9.59 Å². The number of halogens is 1. The molecule has 0 radical (unpaired) electrons. The number of carbonyl (C=O) groups is 2. The van der Waals surface area contributed by atoms with Crippen molar-refractivity contribution in [1.82, 2.24) is 4.90 Å². The Kier molecular flexibility index (Phi) is 14.0. The van der Waals surface area contributed by atoms with Gasteiger partial charge in [0.1, 0.15) is 0 Å². The Hall–Kier alpha value is -1.07. The summed E-state index contributed by atoms with van der Waals surface area (Å²) in [6.07, 6.45) is 2.23. The van der Waals surface area contributed by atoms with E-state index in [-0.39, 0.29) is 0 Å². The molecule has 0 amide bonds. The van der Waals surface area contributed by atoms with Gasteiger partial charge in [-0.05, 0) is 26.1 Å². The molecule has 5 nitrogen and oxygen atoms in total. The monoisotopic (exact) mass is 265 g/mol. The molecule has 0 aliphatic rings. The summed E-state index contributed by atoms with van der Waals surface area (Å²) in [5, 5.41) is 15.6. The minimum atomic E-state index is -1.26. The van der Waals surface area contributed by atoms with Crippen LogP contribution in [0.1, 0.15) is 20.3 Å². The van der Waals surface area contributed by atoms with Gasteiger partial charge in [0, 0.05) is 18.0 Å². The molecule has 0 spiro atoms. The lowest BCUT2D eigenvalue weighted by Gasteiger charge is -2.16. The molecule has 0 aliphatic carbocycles. The zero-order valence-corrected chi connectivity index (χ0v) is 11.0. The summed E-state index contributed by atoms with van der Waals surface area (Å²) in [5.41, 5.74) is 0. The van der Waals surface area contributed by atoms with Crippen molar-refractivity contribution in [3.63, 3.8) is 0 Å². The first kappa shape index (κ1) is 18.3.